The lowest BCUT2D eigenvalue weighted by molar-refractivity contribution is 0.396. The van der Waals surface area contributed by atoms with Gasteiger partial charge < -0.3 is 16.0 Å². The number of nitrogen functional groups attached to an aromatic ring is 1. The molecule has 5 nitrogen and oxygen atoms in total. The molecule has 1 rings (SSSR count). The smallest absolute Gasteiger partial charge is 0.134 e. The highest BCUT2D eigenvalue weighted by Gasteiger charge is 2.06. The van der Waals surface area contributed by atoms with E-state index in [9.17, 15) is 0 Å². The van der Waals surface area contributed by atoms with Gasteiger partial charge in [-0.1, -0.05) is 6.92 Å². The standard InChI is InChI=1S/C13H25N5/c1-5-11-16-12(14)10(2)13(17-11)15-8-6-7-9-18(3)4/h5-9H2,1-4H3,(H3,14,15,16,17). The third-order valence-corrected chi connectivity index (χ3v) is 2.87. The van der Waals surface area contributed by atoms with E-state index < -0.39 is 0 Å². The van der Waals surface area contributed by atoms with E-state index in [-0.39, 0.29) is 0 Å². The molecule has 0 fully saturated rings. The molecular formula is C13H25N5. The lowest BCUT2D eigenvalue weighted by atomic mass is 10.2. The van der Waals surface area contributed by atoms with Gasteiger partial charge in [-0.2, -0.15) is 0 Å². The summed E-state index contributed by atoms with van der Waals surface area (Å²) in [7, 11) is 4.19. The normalized spacial score (nSPS) is 10.9. The summed E-state index contributed by atoms with van der Waals surface area (Å²) in [4.78, 5) is 10.9. The van der Waals surface area contributed by atoms with Gasteiger partial charge in [-0.25, -0.2) is 9.97 Å². The van der Waals surface area contributed by atoms with Crippen molar-refractivity contribution in [3.8, 4) is 0 Å². The van der Waals surface area contributed by atoms with Crippen molar-refractivity contribution in [1.82, 2.24) is 14.9 Å². The first-order valence-corrected chi connectivity index (χ1v) is 6.56. The fourth-order valence-corrected chi connectivity index (χ4v) is 1.67. The number of rotatable bonds is 7. The van der Waals surface area contributed by atoms with Crippen molar-refractivity contribution < 1.29 is 0 Å². The van der Waals surface area contributed by atoms with Gasteiger partial charge in [0.05, 0.1) is 0 Å². The molecule has 0 aromatic carbocycles. The first kappa shape index (κ1) is 14.7. The van der Waals surface area contributed by atoms with E-state index in [1.807, 2.05) is 13.8 Å². The zero-order chi connectivity index (χ0) is 13.5. The summed E-state index contributed by atoms with van der Waals surface area (Å²) in [6.07, 6.45) is 3.11. The highest BCUT2D eigenvalue weighted by atomic mass is 15.1. The molecule has 0 bridgehead atoms. The Morgan fingerprint density at radius 3 is 2.56 bits per heavy atom. The van der Waals surface area contributed by atoms with Gasteiger partial charge in [0.2, 0.25) is 0 Å². The Kier molecular flexibility index (Phi) is 5.85. The minimum absolute atomic E-state index is 0.581. The molecule has 1 aromatic heterocycles. The maximum atomic E-state index is 5.87. The van der Waals surface area contributed by atoms with Crippen molar-refractivity contribution in [3.63, 3.8) is 0 Å². The molecule has 0 aliphatic carbocycles. The molecule has 0 atom stereocenters. The summed E-state index contributed by atoms with van der Waals surface area (Å²) >= 11 is 0. The first-order chi connectivity index (χ1) is 8.54. The Bertz CT molecular complexity index is 376. The van der Waals surface area contributed by atoms with E-state index in [0.29, 0.717) is 5.82 Å². The summed E-state index contributed by atoms with van der Waals surface area (Å²) in [5.41, 5.74) is 6.81. The molecule has 0 aliphatic rings. The van der Waals surface area contributed by atoms with Crippen LogP contribution in [-0.4, -0.2) is 42.1 Å². The number of anilines is 2. The highest BCUT2D eigenvalue weighted by molar-refractivity contribution is 5.54. The second-order valence-electron chi connectivity index (χ2n) is 4.79. The summed E-state index contributed by atoms with van der Waals surface area (Å²) in [5.74, 6) is 2.26. The van der Waals surface area contributed by atoms with Gasteiger partial charge in [0.15, 0.2) is 0 Å². The van der Waals surface area contributed by atoms with Gasteiger partial charge in [-0.05, 0) is 40.4 Å². The summed E-state index contributed by atoms with van der Waals surface area (Å²) in [6, 6.07) is 0. The molecule has 18 heavy (non-hydrogen) atoms. The molecule has 3 N–H and O–H groups in total. The van der Waals surface area contributed by atoms with Crippen LogP contribution in [0, 0.1) is 6.92 Å². The van der Waals surface area contributed by atoms with Crippen molar-refractivity contribution in [1.29, 1.82) is 0 Å². The number of nitrogens with one attached hydrogen (secondary N) is 1. The minimum Gasteiger partial charge on any atom is -0.383 e. The Morgan fingerprint density at radius 2 is 1.94 bits per heavy atom. The Morgan fingerprint density at radius 1 is 1.22 bits per heavy atom. The van der Waals surface area contributed by atoms with E-state index in [2.05, 4.69) is 34.3 Å². The van der Waals surface area contributed by atoms with Crippen molar-refractivity contribution in [3.05, 3.63) is 11.4 Å². The maximum Gasteiger partial charge on any atom is 0.134 e. The minimum atomic E-state index is 0.581. The second-order valence-corrected chi connectivity index (χ2v) is 4.79. The first-order valence-electron chi connectivity index (χ1n) is 6.56. The molecule has 0 saturated heterocycles. The van der Waals surface area contributed by atoms with Gasteiger partial charge in [-0.15, -0.1) is 0 Å². The van der Waals surface area contributed by atoms with Crippen LogP contribution in [0.1, 0.15) is 31.2 Å². The van der Waals surface area contributed by atoms with Crippen LogP contribution in [0.4, 0.5) is 11.6 Å². The number of nitrogens with zero attached hydrogens (tertiary/aromatic N) is 3. The number of unbranched alkanes of at least 4 members (excludes halogenated alkanes) is 1. The quantitative estimate of drug-likeness (QED) is 0.722. The van der Waals surface area contributed by atoms with Crippen molar-refractivity contribution in [2.24, 2.45) is 0 Å². The van der Waals surface area contributed by atoms with Gasteiger partial charge >= 0.3 is 0 Å². The van der Waals surface area contributed by atoms with Gasteiger partial charge in [0.25, 0.3) is 0 Å². The molecule has 0 unspecified atom stereocenters. The molecule has 1 heterocycles. The van der Waals surface area contributed by atoms with E-state index >= 15 is 0 Å². The monoisotopic (exact) mass is 251 g/mol. The molecular weight excluding hydrogens is 226 g/mol. The molecule has 0 saturated carbocycles. The Hall–Kier alpha value is -1.36. The topological polar surface area (TPSA) is 67.1 Å². The fraction of sp³-hybridized carbons (Fsp3) is 0.692. The zero-order valence-electron chi connectivity index (χ0n) is 12.0. The lowest BCUT2D eigenvalue weighted by Gasteiger charge is -2.12. The third kappa shape index (κ3) is 4.49. The summed E-state index contributed by atoms with van der Waals surface area (Å²) < 4.78 is 0. The van der Waals surface area contributed by atoms with E-state index in [1.165, 1.54) is 6.42 Å². The number of hydrogen-bond donors (Lipinski definition) is 2. The predicted molar refractivity (Wildman–Crippen MR) is 76.8 cm³/mol. The van der Waals surface area contributed by atoms with Crippen LogP contribution in [-0.2, 0) is 6.42 Å². The van der Waals surface area contributed by atoms with Crippen LogP contribution in [0.25, 0.3) is 0 Å². The van der Waals surface area contributed by atoms with Gasteiger partial charge in [0.1, 0.15) is 17.5 Å². The maximum absolute atomic E-state index is 5.87. The average Bonchev–Trinajstić information content (AvgIpc) is 2.33. The highest BCUT2D eigenvalue weighted by Crippen LogP contribution is 2.17. The van der Waals surface area contributed by atoms with Crippen LogP contribution in [0.2, 0.25) is 0 Å². The number of aromatic nitrogens is 2. The van der Waals surface area contributed by atoms with E-state index in [1.54, 1.807) is 0 Å². The summed E-state index contributed by atoms with van der Waals surface area (Å²) in [6.45, 7) is 6.03. The van der Waals surface area contributed by atoms with Crippen LogP contribution < -0.4 is 11.1 Å². The Balaban J connectivity index is 2.48. The molecule has 0 radical (unpaired) electrons. The average molecular weight is 251 g/mol. The van der Waals surface area contributed by atoms with Crippen LogP contribution in [0.3, 0.4) is 0 Å². The lowest BCUT2D eigenvalue weighted by Crippen LogP contribution is -2.15. The van der Waals surface area contributed by atoms with E-state index in [4.69, 9.17) is 5.73 Å². The van der Waals surface area contributed by atoms with Gasteiger partial charge in [-0.3, -0.25) is 0 Å². The van der Waals surface area contributed by atoms with Crippen molar-refractivity contribution >= 4 is 11.6 Å². The molecule has 5 heteroatoms. The largest absolute Gasteiger partial charge is 0.383 e. The fourth-order valence-electron chi connectivity index (χ4n) is 1.67. The van der Waals surface area contributed by atoms with Crippen LogP contribution >= 0.6 is 0 Å². The second kappa shape index (κ2) is 7.16. The van der Waals surface area contributed by atoms with Gasteiger partial charge in [0, 0.05) is 18.5 Å². The van der Waals surface area contributed by atoms with Crippen molar-refractivity contribution in [2.45, 2.75) is 33.1 Å². The zero-order valence-corrected chi connectivity index (χ0v) is 12.0. The SMILES string of the molecule is CCc1nc(N)c(C)c(NCCCCN(C)C)n1. The molecule has 0 amide bonds. The van der Waals surface area contributed by atoms with E-state index in [0.717, 1.165) is 43.1 Å². The molecule has 102 valence electrons. The van der Waals surface area contributed by atoms with Crippen molar-refractivity contribution in [2.75, 3.05) is 38.2 Å². The molecule has 0 spiro atoms. The van der Waals surface area contributed by atoms with Crippen LogP contribution in [0.5, 0.6) is 0 Å². The third-order valence-electron chi connectivity index (χ3n) is 2.87. The number of hydrogen-bond acceptors (Lipinski definition) is 5. The van der Waals surface area contributed by atoms with Crippen LogP contribution in [0.15, 0.2) is 0 Å². The predicted octanol–water partition coefficient (Wildman–Crippen LogP) is 1.68. The number of aryl methyl sites for hydroxylation is 1. The Labute approximate surface area is 110 Å². The number of nitrogens with two attached hydrogens (primary N) is 1. The molecule has 0 aliphatic heterocycles. The molecule has 1 aromatic rings. The summed E-state index contributed by atoms with van der Waals surface area (Å²) in [5, 5.41) is 3.35.